The third-order valence-corrected chi connectivity index (χ3v) is 8.77. The first-order valence-corrected chi connectivity index (χ1v) is 14.4. The molecule has 200 valence electrons. The molecular formula is C34H44F2O. The lowest BCUT2D eigenvalue weighted by molar-refractivity contribution is -0.248. The molecule has 2 aliphatic rings. The highest BCUT2D eigenvalue weighted by Gasteiger charge is 2.33. The summed E-state index contributed by atoms with van der Waals surface area (Å²) in [5, 5.41) is 0. The van der Waals surface area contributed by atoms with Gasteiger partial charge in [0, 0.05) is 0 Å². The van der Waals surface area contributed by atoms with Gasteiger partial charge in [0.1, 0.15) is 0 Å². The minimum Gasteiger partial charge on any atom is -0.316 e. The average Bonchev–Trinajstić information content (AvgIpc) is 2.94. The van der Waals surface area contributed by atoms with E-state index in [2.05, 4.69) is 49.9 Å². The molecule has 0 aliphatic heterocycles. The second-order valence-electron chi connectivity index (χ2n) is 11.2. The fourth-order valence-electron chi connectivity index (χ4n) is 6.26. The summed E-state index contributed by atoms with van der Waals surface area (Å²) in [6.45, 7) is 5.99. The smallest absolute Gasteiger partial charge is 0.316 e. The maximum absolute atomic E-state index is 14.7. The van der Waals surface area contributed by atoms with Gasteiger partial charge in [-0.2, -0.15) is 8.78 Å². The third-order valence-electron chi connectivity index (χ3n) is 8.77. The van der Waals surface area contributed by atoms with Gasteiger partial charge in [-0.05, 0) is 118 Å². The fraction of sp³-hybridized carbons (Fsp3) is 0.529. The molecule has 2 aromatic carbocycles. The molecule has 2 fully saturated rings. The van der Waals surface area contributed by atoms with Gasteiger partial charge in [0.05, 0.1) is 12.2 Å². The molecule has 4 rings (SSSR count). The predicted molar refractivity (Wildman–Crippen MR) is 150 cm³/mol. The minimum atomic E-state index is -3.27. The van der Waals surface area contributed by atoms with Gasteiger partial charge < -0.3 is 4.74 Å². The van der Waals surface area contributed by atoms with E-state index >= 15 is 0 Å². The monoisotopic (exact) mass is 506 g/mol. The molecule has 0 bridgehead atoms. The Bertz CT molecular complexity index is 975. The van der Waals surface area contributed by atoms with Crippen LogP contribution in [0.25, 0.3) is 0 Å². The van der Waals surface area contributed by atoms with Crippen molar-refractivity contribution in [3.8, 4) is 0 Å². The van der Waals surface area contributed by atoms with E-state index in [-0.39, 0.29) is 12.2 Å². The Morgan fingerprint density at radius 3 is 1.97 bits per heavy atom. The van der Waals surface area contributed by atoms with Gasteiger partial charge in [-0.25, -0.2) is 0 Å². The Balaban J connectivity index is 1.21. The number of benzene rings is 2. The van der Waals surface area contributed by atoms with Crippen molar-refractivity contribution in [1.82, 2.24) is 0 Å². The van der Waals surface area contributed by atoms with E-state index in [9.17, 15) is 8.78 Å². The molecular weight excluding hydrogens is 462 g/mol. The second-order valence-corrected chi connectivity index (χ2v) is 11.2. The summed E-state index contributed by atoms with van der Waals surface area (Å²) in [5.74, 6) is 2.55. The number of alkyl halides is 2. The molecule has 2 aliphatic carbocycles. The van der Waals surface area contributed by atoms with E-state index in [1.54, 1.807) is 12.1 Å². The van der Waals surface area contributed by atoms with Crippen molar-refractivity contribution in [1.29, 1.82) is 0 Å². The third kappa shape index (κ3) is 7.87. The lowest BCUT2D eigenvalue weighted by Crippen LogP contribution is -2.20. The topological polar surface area (TPSA) is 9.23 Å². The molecule has 3 heteroatoms. The normalized spacial score (nSPS) is 24.8. The number of rotatable bonds is 11. The van der Waals surface area contributed by atoms with E-state index in [4.69, 9.17) is 4.74 Å². The molecule has 0 saturated heterocycles. The van der Waals surface area contributed by atoms with Crippen LogP contribution in [0, 0.1) is 11.8 Å². The highest BCUT2D eigenvalue weighted by Crippen LogP contribution is 2.39. The molecule has 37 heavy (non-hydrogen) atoms. The zero-order chi connectivity index (χ0) is 26.1. The standard InChI is InChI=1S/C34H44F2O/c1-3-5-6-7-27-10-16-30(17-11-27)31-18-12-28(13-19-31)24-25-37-34(35,36)33-22-20-32(21-23-33)29-14-8-26(4-2)9-15-29/h3-5,12-13,18-23,26-27,29-30H,2,6-11,14-17,24-25H2,1H3/b5-3+/t26-,27-,29-,30-. The average molecular weight is 507 g/mol. The van der Waals surface area contributed by atoms with Crippen LogP contribution in [0.5, 0.6) is 0 Å². The van der Waals surface area contributed by atoms with Gasteiger partial charge >= 0.3 is 6.11 Å². The first kappa shape index (κ1) is 27.8. The number of hydrogen-bond donors (Lipinski definition) is 0. The number of ether oxygens (including phenoxy) is 1. The van der Waals surface area contributed by atoms with E-state index in [0.717, 1.165) is 42.7 Å². The first-order chi connectivity index (χ1) is 18.0. The Kier molecular flexibility index (Phi) is 10.1. The summed E-state index contributed by atoms with van der Waals surface area (Å²) < 4.78 is 34.5. The zero-order valence-electron chi connectivity index (χ0n) is 22.5. The van der Waals surface area contributed by atoms with Gasteiger partial charge in [0.15, 0.2) is 0 Å². The molecule has 0 radical (unpaired) electrons. The molecule has 0 heterocycles. The second kappa shape index (κ2) is 13.5. The summed E-state index contributed by atoms with van der Waals surface area (Å²) in [6, 6.07) is 15.4. The van der Waals surface area contributed by atoms with Crippen LogP contribution in [0.4, 0.5) is 8.78 Å². The highest BCUT2D eigenvalue weighted by atomic mass is 19.3. The largest absolute Gasteiger partial charge is 0.383 e. The van der Waals surface area contributed by atoms with Crippen LogP contribution in [0.3, 0.4) is 0 Å². The molecule has 0 atom stereocenters. The van der Waals surface area contributed by atoms with Crippen LogP contribution in [-0.4, -0.2) is 6.61 Å². The van der Waals surface area contributed by atoms with Crippen molar-refractivity contribution in [3.63, 3.8) is 0 Å². The van der Waals surface area contributed by atoms with E-state index in [0.29, 0.717) is 24.2 Å². The maximum Gasteiger partial charge on any atom is 0.383 e. The first-order valence-electron chi connectivity index (χ1n) is 14.4. The molecule has 0 spiro atoms. The van der Waals surface area contributed by atoms with Crippen molar-refractivity contribution in [3.05, 3.63) is 95.6 Å². The summed E-state index contributed by atoms with van der Waals surface area (Å²) in [5.41, 5.74) is 3.53. The Morgan fingerprint density at radius 2 is 1.41 bits per heavy atom. The molecule has 0 unspecified atom stereocenters. The van der Waals surface area contributed by atoms with Gasteiger partial charge in [-0.3, -0.25) is 0 Å². The molecule has 0 aromatic heterocycles. The van der Waals surface area contributed by atoms with Gasteiger partial charge in [0.25, 0.3) is 0 Å². The lowest BCUT2D eigenvalue weighted by Gasteiger charge is -2.28. The van der Waals surface area contributed by atoms with Crippen LogP contribution >= 0.6 is 0 Å². The summed E-state index contributed by atoms with van der Waals surface area (Å²) in [7, 11) is 0. The molecule has 0 N–H and O–H groups in total. The SMILES string of the molecule is C=C[C@H]1CC[C@H](c2ccc(C(F)(F)OCCc3ccc([C@H]4CC[C@H](CC/C=C/C)CC4)cc3)cc2)CC1. The quantitative estimate of drug-likeness (QED) is 0.275. The van der Waals surface area contributed by atoms with Crippen LogP contribution in [-0.2, 0) is 17.3 Å². The summed E-state index contributed by atoms with van der Waals surface area (Å²) >= 11 is 0. The van der Waals surface area contributed by atoms with Crippen LogP contribution < -0.4 is 0 Å². The highest BCUT2D eigenvalue weighted by molar-refractivity contribution is 5.28. The molecule has 0 amide bonds. The van der Waals surface area contributed by atoms with E-state index < -0.39 is 6.11 Å². The number of halogens is 2. The van der Waals surface area contributed by atoms with E-state index in [1.807, 2.05) is 18.2 Å². The maximum atomic E-state index is 14.7. The van der Waals surface area contributed by atoms with Crippen molar-refractivity contribution < 1.29 is 13.5 Å². The minimum absolute atomic E-state index is 0.00300. The molecule has 2 saturated carbocycles. The van der Waals surface area contributed by atoms with Crippen molar-refractivity contribution >= 4 is 0 Å². The fourth-order valence-corrected chi connectivity index (χ4v) is 6.26. The van der Waals surface area contributed by atoms with Crippen molar-refractivity contribution in [2.24, 2.45) is 11.8 Å². The van der Waals surface area contributed by atoms with E-state index in [1.165, 1.54) is 44.1 Å². The predicted octanol–water partition coefficient (Wildman–Crippen LogP) is 10.1. The number of allylic oxidation sites excluding steroid dienone is 3. The Hall–Kier alpha value is -2.26. The van der Waals surface area contributed by atoms with Crippen LogP contribution in [0.15, 0.2) is 73.3 Å². The zero-order valence-corrected chi connectivity index (χ0v) is 22.5. The Morgan fingerprint density at radius 1 is 0.838 bits per heavy atom. The molecule has 2 aromatic rings. The van der Waals surface area contributed by atoms with Gasteiger partial charge in [0.2, 0.25) is 0 Å². The number of hydrogen-bond acceptors (Lipinski definition) is 1. The lowest BCUT2D eigenvalue weighted by atomic mass is 9.77. The summed E-state index contributed by atoms with van der Waals surface area (Å²) in [4.78, 5) is 0. The van der Waals surface area contributed by atoms with Crippen LogP contribution in [0.2, 0.25) is 0 Å². The summed E-state index contributed by atoms with van der Waals surface area (Å²) in [6.07, 6.45) is 15.8. The van der Waals surface area contributed by atoms with Crippen molar-refractivity contribution in [2.75, 3.05) is 6.61 Å². The van der Waals surface area contributed by atoms with Gasteiger partial charge in [-0.1, -0.05) is 66.8 Å². The Labute approximate surface area is 223 Å². The van der Waals surface area contributed by atoms with Crippen molar-refractivity contribution in [2.45, 2.75) is 95.5 Å². The van der Waals surface area contributed by atoms with Crippen LogP contribution in [0.1, 0.15) is 105 Å². The molecule has 1 nitrogen and oxygen atoms in total. The van der Waals surface area contributed by atoms with Gasteiger partial charge in [-0.15, -0.1) is 6.58 Å².